The van der Waals surface area contributed by atoms with E-state index in [0.29, 0.717) is 20.4 Å². The van der Waals surface area contributed by atoms with Crippen LogP contribution in [-0.2, 0) is 23.6 Å². The third-order valence-corrected chi connectivity index (χ3v) is 6.66. The van der Waals surface area contributed by atoms with Gasteiger partial charge in [0.25, 0.3) is 0 Å². The summed E-state index contributed by atoms with van der Waals surface area (Å²) >= 11 is 1.73. The van der Waals surface area contributed by atoms with Crippen molar-refractivity contribution in [3.63, 3.8) is 0 Å². The number of hydrogen-bond acceptors (Lipinski definition) is 3. The number of hydrogen-bond donors (Lipinski definition) is 1. The lowest BCUT2D eigenvalue weighted by atomic mass is 9.92. The first-order chi connectivity index (χ1) is 18.1. The van der Waals surface area contributed by atoms with Crippen molar-refractivity contribution >= 4 is 28.7 Å². The molecule has 0 aliphatic carbocycles. The fraction of sp³-hybridized carbons (Fsp3) is 0.321. The highest BCUT2D eigenvalue weighted by Crippen LogP contribution is 2.38. The summed E-state index contributed by atoms with van der Waals surface area (Å²) in [6.07, 6.45) is -11.2. The van der Waals surface area contributed by atoms with E-state index in [2.05, 4.69) is 5.32 Å². The molecule has 210 valence electrons. The molecule has 11 heteroatoms. The van der Waals surface area contributed by atoms with E-state index < -0.39 is 35.7 Å². The summed E-state index contributed by atoms with van der Waals surface area (Å²) in [7, 11) is 1.45. The summed E-state index contributed by atoms with van der Waals surface area (Å²) < 4.78 is 91.1. The van der Waals surface area contributed by atoms with E-state index in [4.69, 9.17) is 9.47 Å². The van der Waals surface area contributed by atoms with Gasteiger partial charge in [-0.15, -0.1) is 0 Å². The Hall–Kier alpha value is -2.96. The Kier molecular flexibility index (Phi) is 9.45. The predicted molar refractivity (Wildman–Crippen MR) is 143 cm³/mol. The van der Waals surface area contributed by atoms with Gasteiger partial charge in [-0.25, -0.2) is 4.79 Å². The van der Waals surface area contributed by atoms with Crippen molar-refractivity contribution in [1.29, 1.82) is 0 Å². The lowest BCUT2D eigenvalue weighted by Crippen LogP contribution is -2.25. The van der Waals surface area contributed by atoms with Gasteiger partial charge in [-0.3, -0.25) is 0 Å². The van der Waals surface area contributed by atoms with Gasteiger partial charge in [0.15, 0.2) is 0 Å². The number of alkyl halides is 6. The Morgan fingerprint density at radius 1 is 0.846 bits per heavy atom. The molecular formula is C28H26F6INO3. The average Bonchev–Trinajstić information content (AvgIpc) is 2.85. The van der Waals surface area contributed by atoms with Gasteiger partial charge in [0, 0.05) is 15.7 Å². The normalized spacial score (nSPS) is 12.8. The number of rotatable bonds is 7. The van der Waals surface area contributed by atoms with E-state index in [1.807, 2.05) is 26.0 Å². The first-order valence-electron chi connectivity index (χ1n) is 11.8. The van der Waals surface area contributed by atoms with E-state index in [1.165, 1.54) is 26.2 Å². The number of halogens is 7. The number of amides is 1. The Balaban J connectivity index is 1.89. The van der Waals surface area contributed by atoms with E-state index >= 15 is 0 Å². The van der Waals surface area contributed by atoms with Crippen LogP contribution in [0.15, 0.2) is 54.6 Å². The number of benzene rings is 3. The summed E-state index contributed by atoms with van der Waals surface area (Å²) in [5.41, 5.74) is 0.404. The first kappa shape index (κ1) is 30.6. The maximum Gasteiger partial charge on any atom is 0.416 e. The predicted octanol–water partition coefficient (Wildman–Crippen LogP) is 9.12. The molecule has 4 nitrogen and oxygen atoms in total. The molecule has 0 saturated carbocycles. The molecule has 3 aromatic rings. The fourth-order valence-electron chi connectivity index (χ4n) is 3.92. The van der Waals surface area contributed by atoms with Crippen molar-refractivity contribution in [3.8, 4) is 16.9 Å². The van der Waals surface area contributed by atoms with Gasteiger partial charge in [0.05, 0.1) is 18.2 Å². The minimum atomic E-state index is -4.62. The number of alkyl carbamates (subject to hydrolysis) is 1. The molecule has 0 spiro atoms. The standard InChI is InChI=1S/C28H26F6INO3/c1-15(2)17-5-8-25(38-4)24(12-17)23-7-6-20(27(29,30)31)10-19(23)14-36-26(37)39-16(3)18-9-21(28(32,33)34)13-22(35)11-18/h5-13,15-16H,14H2,1-4H3,(H,36,37). The van der Waals surface area contributed by atoms with E-state index in [9.17, 15) is 31.1 Å². The van der Waals surface area contributed by atoms with Crippen LogP contribution in [-0.4, -0.2) is 13.2 Å². The van der Waals surface area contributed by atoms with E-state index in [1.54, 1.807) is 28.7 Å². The molecule has 1 N–H and O–H groups in total. The Morgan fingerprint density at radius 2 is 1.51 bits per heavy atom. The van der Waals surface area contributed by atoms with Crippen LogP contribution in [0.2, 0.25) is 0 Å². The number of carbonyl (C=O) groups excluding carboxylic acids is 1. The van der Waals surface area contributed by atoms with Crippen molar-refractivity contribution < 1.29 is 40.6 Å². The van der Waals surface area contributed by atoms with Crippen LogP contribution in [0, 0.1) is 3.57 Å². The quantitative estimate of drug-likeness (QED) is 0.202. The molecule has 0 aliphatic heterocycles. The SMILES string of the molecule is COc1ccc(C(C)C)cc1-c1ccc(C(F)(F)F)cc1CNC(=O)OC(C)c1cc(I)cc(C(F)(F)F)c1. The molecule has 0 saturated heterocycles. The number of nitrogens with one attached hydrogen (secondary N) is 1. The molecule has 0 bridgehead atoms. The third-order valence-electron chi connectivity index (χ3n) is 6.04. The monoisotopic (exact) mass is 665 g/mol. The Labute approximate surface area is 235 Å². The minimum absolute atomic E-state index is 0.124. The molecule has 0 aromatic heterocycles. The van der Waals surface area contributed by atoms with Gasteiger partial charge in [0.1, 0.15) is 11.9 Å². The maximum absolute atomic E-state index is 13.5. The molecule has 1 atom stereocenters. The van der Waals surface area contributed by atoms with Crippen LogP contribution in [0.5, 0.6) is 5.75 Å². The smallest absolute Gasteiger partial charge is 0.416 e. The minimum Gasteiger partial charge on any atom is -0.496 e. The van der Waals surface area contributed by atoms with Crippen molar-refractivity contribution in [3.05, 3.63) is 86.0 Å². The van der Waals surface area contributed by atoms with Crippen LogP contribution >= 0.6 is 22.6 Å². The summed E-state index contributed by atoms with van der Waals surface area (Å²) in [4.78, 5) is 12.6. The van der Waals surface area contributed by atoms with Crippen molar-refractivity contribution in [2.45, 2.75) is 51.7 Å². The fourth-order valence-corrected chi connectivity index (χ4v) is 4.62. The second-order valence-corrected chi connectivity index (χ2v) is 10.4. The molecule has 3 rings (SSSR count). The largest absolute Gasteiger partial charge is 0.496 e. The van der Waals surface area contributed by atoms with Crippen LogP contribution < -0.4 is 10.1 Å². The highest BCUT2D eigenvalue weighted by molar-refractivity contribution is 14.1. The summed E-state index contributed by atoms with van der Waals surface area (Å²) in [5, 5.41) is 2.43. The number of methoxy groups -OCH3 is 1. The zero-order valence-corrected chi connectivity index (χ0v) is 23.6. The number of ether oxygens (including phenoxy) is 2. The molecule has 0 aliphatic rings. The summed E-state index contributed by atoms with van der Waals surface area (Å²) in [6.45, 7) is 5.02. The lowest BCUT2D eigenvalue weighted by Gasteiger charge is -2.19. The molecule has 0 fully saturated rings. The zero-order chi connectivity index (χ0) is 29.1. The molecular weight excluding hydrogens is 639 g/mol. The highest BCUT2D eigenvalue weighted by Gasteiger charge is 2.32. The van der Waals surface area contributed by atoms with Crippen molar-refractivity contribution in [1.82, 2.24) is 5.32 Å². The maximum atomic E-state index is 13.5. The van der Waals surface area contributed by atoms with E-state index in [0.717, 1.165) is 29.8 Å². The first-order valence-corrected chi connectivity index (χ1v) is 12.9. The van der Waals surface area contributed by atoms with Gasteiger partial charge in [0.2, 0.25) is 0 Å². The molecule has 39 heavy (non-hydrogen) atoms. The van der Waals surface area contributed by atoms with Gasteiger partial charge >= 0.3 is 18.4 Å². The van der Waals surface area contributed by atoms with E-state index in [-0.39, 0.29) is 23.6 Å². The third kappa shape index (κ3) is 7.80. The van der Waals surface area contributed by atoms with Gasteiger partial charge < -0.3 is 14.8 Å². The van der Waals surface area contributed by atoms with Gasteiger partial charge in [-0.2, -0.15) is 26.3 Å². The zero-order valence-electron chi connectivity index (χ0n) is 21.4. The second-order valence-electron chi connectivity index (χ2n) is 9.16. The average molecular weight is 665 g/mol. The van der Waals surface area contributed by atoms with Crippen molar-refractivity contribution in [2.24, 2.45) is 0 Å². The van der Waals surface area contributed by atoms with Crippen LogP contribution in [0.1, 0.15) is 60.6 Å². The topological polar surface area (TPSA) is 47.6 Å². The Bertz CT molecular complexity index is 1340. The number of carbonyl (C=O) groups is 1. The second kappa shape index (κ2) is 12.1. The molecule has 1 unspecified atom stereocenters. The van der Waals surface area contributed by atoms with Crippen LogP contribution in [0.4, 0.5) is 31.1 Å². The highest BCUT2D eigenvalue weighted by atomic mass is 127. The Morgan fingerprint density at radius 3 is 2.10 bits per heavy atom. The molecule has 0 heterocycles. The lowest BCUT2D eigenvalue weighted by molar-refractivity contribution is -0.138. The van der Waals surface area contributed by atoms with Gasteiger partial charge in [-0.1, -0.05) is 26.0 Å². The van der Waals surface area contributed by atoms with Crippen molar-refractivity contribution in [2.75, 3.05) is 7.11 Å². The summed E-state index contributed by atoms with van der Waals surface area (Å²) in [5.74, 6) is 0.580. The summed E-state index contributed by atoms with van der Waals surface area (Å²) in [6, 6.07) is 11.9. The van der Waals surface area contributed by atoms with Gasteiger partial charge in [-0.05, 0) is 100 Å². The molecule has 1 amide bonds. The van der Waals surface area contributed by atoms with Crippen LogP contribution in [0.3, 0.4) is 0 Å². The molecule has 3 aromatic carbocycles. The molecule has 0 radical (unpaired) electrons. The van der Waals surface area contributed by atoms with Crippen LogP contribution in [0.25, 0.3) is 11.1 Å².